The van der Waals surface area contributed by atoms with Crippen molar-refractivity contribution >= 4 is 11.9 Å². The zero-order valence-corrected chi connectivity index (χ0v) is 10.2. The number of ketones is 1. The van der Waals surface area contributed by atoms with Crippen molar-refractivity contribution in [1.29, 1.82) is 0 Å². The van der Waals surface area contributed by atoms with Gasteiger partial charge in [0, 0.05) is 6.07 Å². The molecule has 3 N–H and O–H groups in total. The molecule has 0 amide bonds. The molecule has 2 aromatic carbocycles. The maximum Gasteiger partial charge on any atom is 0.231 e. The molecule has 0 fully saturated rings. The van der Waals surface area contributed by atoms with Crippen molar-refractivity contribution < 1.29 is 24.9 Å². The third-order valence-corrected chi connectivity index (χ3v) is 2.95. The van der Waals surface area contributed by atoms with E-state index in [0.29, 0.717) is 16.9 Å². The van der Waals surface area contributed by atoms with Crippen LogP contribution in [0.1, 0.15) is 15.9 Å². The van der Waals surface area contributed by atoms with Gasteiger partial charge in [-0.05, 0) is 35.9 Å². The molecule has 0 saturated heterocycles. The zero-order chi connectivity index (χ0) is 14.3. The highest BCUT2D eigenvalue weighted by atomic mass is 16.5. The standard InChI is InChI=1S/C15H10O5/c16-9-2-3-10-13(7-9)20-14(15(10)19)6-8-1-4-11(17)12(18)5-8/h1-7,16-18H/b14-6+. The monoisotopic (exact) mass is 270 g/mol. The van der Waals surface area contributed by atoms with Gasteiger partial charge in [0.1, 0.15) is 11.5 Å². The van der Waals surface area contributed by atoms with Crippen LogP contribution in [0.15, 0.2) is 42.2 Å². The SMILES string of the molecule is O=C1/C(=C\c2ccc(O)c(O)c2)Oc2cc(O)ccc21. The minimum atomic E-state index is -0.299. The molecule has 5 nitrogen and oxygen atoms in total. The Morgan fingerprint density at radius 2 is 1.75 bits per heavy atom. The lowest BCUT2D eigenvalue weighted by Crippen LogP contribution is -1.97. The number of aromatic hydroxyl groups is 3. The van der Waals surface area contributed by atoms with Gasteiger partial charge < -0.3 is 20.1 Å². The molecule has 1 heterocycles. The Hall–Kier alpha value is -2.95. The summed E-state index contributed by atoms with van der Waals surface area (Å²) in [6.07, 6.45) is 1.46. The van der Waals surface area contributed by atoms with Crippen LogP contribution in [0.3, 0.4) is 0 Å². The highest BCUT2D eigenvalue weighted by Gasteiger charge is 2.27. The summed E-state index contributed by atoms with van der Waals surface area (Å²) < 4.78 is 5.38. The number of phenolic OH excluding ortho intramolecular Hbond substituents is 3. The van der Waals surface area contributed by atoms with Gasteiger partial charge in [-0.3, -0.25) is 4.79 Å². The summed E-state index contributed by atoms with van der Waals surface area (Å²) in [6, 6.07) is 8.44. The Kier molecular flexibility index (Phi) is 2.61. The highest BCUT2D eigenvalue weighted by molar-refractivity contribution is 6.14. The van der Waals surface area contributed by atoms with Gasteiger partial charge in [-0.15, -0.1) is 0 Å². The number of hydrogen-bond acceptors (Lipinski definition) is 5. The maximum atomic E-state index is 12.1. The first-order valence-electron chi connectivity index (χ1n) is 5.84. The van der Waals surface area contributed by atoms with Gasteiger partial charge in [0.2, 0.25) is 5.78 Å². The first-order chi connectivity index (χ1) is 9.54. The molecule has 0 spiro atoms. The Balaban J connectivity index is 1.99. The van der Waals surface area contributed by atoms with Crippen molar-refractivity contribution in [3.63, 3.8) is 0 Å². The average molecular weight is 270 g/mol. The van der Waals surface area contributed by atoms with Crippen LogP contribution in [-0.4, -0.2) is 21.1 Å². The average Bonchev–Trinajstić information content (AvgIpc) is 2.70. The second-order valence-electron chi connectivity index (χ2n) is 4.37. The largest absolute Gasteiger partial charge is 0.508 e. The molecule has 0 aliphatic carbocycles. The molecular formula is C15H10O5. The lowest BCUT2D eigenvalue weighted by atomic mass is 10.1. The molecule has 2 aromatic rings. The van der Waals surface area contributed by atoms with Crippen molar-refractivity contribution in [3.8, 4) is 23.0 Å². The Bertz CT molecular complexity index is 746. The Morgan fingerprint density at radius 3 is 2.50 bits per heavy atom. The summed E-state index contributed by atoms with van der Waals surface area (Å²) in [6.45, 7) is 0. The molecule has 0 aromatic heterocycles. The van der Waals surface area contributed by atoms with Crippen molar-refractivity contribution in [2.45, 2.75) is 0 Å². The van der Waals surface area contributed by atoms with Gasteiger partial charge in [-0.2, -0.15) is 0 Å². The van der Waals surface area contributed by atoms with Crippen LogP contribution < -0.4 is 4.74 Å². The summed E-state index contributed by atoms with van der Waals surface area (Å²) in [4.78, 5) is 12.1. The molecule has 0 unspecified atom stereocenters. The lowest BCUT2D eigenvalue weighted by molar-refractivity contribution is 0.101. The number of carbonyl (C=O) groups excluding carboxylic acids is 1. The number of allylic oxidation sites excluding steroid dienone is 1. The molecule has 0 saturated carbocycles. The molecule has 1 aliphatic rings. The summed E-state index contributed by atoms with van der Waals surface area (Å²) >= 11 is 0. The van der Waals surface area contributed by atoms with E-state index in [-0.39, 0.29) is 28.8 Å². The van der Waals surface area contributed by atoms with E-state index in [0.717, 1.165) is 0 Å². The topological polar surface area (TPSA) is 87.0 Å². The number of hydrogen-bond donors (Lipinski definition) is 3. The summed E-state index contributed by atoms with van der Waals surface area (Å²) in [7, 11) is 0. The number of Topliss-reactive ketones (excluding diaryl/α,β-unsaturated/α-hetero) is 1. The van der Waals surface area contributed by atoms with E-state index in [9.17, 15) is 20.1 Å². The second-order valence-corrected chi connectivity index (χ2v) is 4.37. The minimum absolute atomic E-state index is 0.0140. The molecule has 0 bridgehead atoms. The molecule has 3 rings (SSSR count). The van der Waals surface area contributed by atoms with E-state index >= 15 is 0 Å². The number of carbonyl (C=O) groups is 1. The van der Waals surface area contributed by atoms with Crippen molar-refractivity contribution in [2.75, 3.05) is 0 Å². The first kappa shape index (κ1) is 12.1. The van der Waals surface area contributed by atoms with Crippen molar-refractivity contribution in [3.05, 3.63) is 53.3 Å². The zero-order valence-electron chi connectivity index (χ0n) is 10.2. The number of fused-ring (bicyclic) bond motifs is 1. The van der Waals surface area contributed by atoms with E-state index in [2.05, 4.69) is 0 Å². The van der Waals surface area contributed by atoms with E-state index in [1.165, 1.54) is 36.4 Å². The van der Waals surface area contributed by atoms with E-state index in [1.807, 2.05) is 0 Å². The van der Waals surface area contributed by atoms with Gasteiger partial charge in [-0.1, -0.05) is 6.07 Å². The predicted octanol–water partition coefficient (Wildman–Crippen LogP) is 2.42. The van der Waals surface area contributed by atoms with Gasteiger partial charge in [0.15, 0.2) is 17.3 Å². The molecule has 0 atom stereocenters. The van der Waals surface area contributed by atoms with Crippen LogP contribution in [0.4, 0.5) is 0 Å². The summed E-state index contributed by atoms with van der Waals surface area (Å²) in [5, 5.41) is 28.0. The van der Waals surface area contributed by atoms with Crippen LogP contribution in [-0.2, 0) is 0 Å². The van der Waals surface area contributed by atoms with Crippen LogP contribution in [0.5, 0.6) is 23.0 Å². The van der Waals surface area contributed by atoms with Gasteiger partial charge in [0.25, 0.3) is 0 Å². The molecule has 1 aliphatic heterocycles. The smallest absolute Gasteiger partial charge is 0.231 e. The minimum Gasteiger partial charge on any atom is -0.508 e. The molecule has 5 heteroatoms. The maximum absolute atomic E-state index is 12.1. The molecule has 0 radical (unpaired) electrons. The summed E-state index contributed by atoms with van der Waals surface area (Å²) in [5.74, 6) is -0.411. The van der Waals surface area contributed by atoms with E-state index in [4.69, 9.17) is 4.74 Å². The molecular weight excluding hydrogens is 260 g/mol. The van der Waals surface area contributed by atoms with Crippen molar-refractivity contribution in [2.24, 2.45) is 0 Å². The third kappa shape index (κ3) is 1.95. The lowest BCUT2D eigenvalue weighted by Gasteiger charge is -2.01. The normalized spacial score (nSPS) is 15.2. The van der Waals surface area contributed by atoms with Crippen LogP contribution in [0.25, 0.3) is 6.08 Å². The number of rotatable bonds is 1. The predicted molar refractivity (Wildman–Crippen MR) is 70.8 cm³/mol. The van der Waals surface area contributed by atoms with Crippen molar-refractivity contribution in [1.82, 2.24) is 0 Å². The highest BCUT2D eigenvalue weighted by Crippen LogP contribution is 2.35. The Morgan fingerprint density at radius 1 is 0.950 bits per heavy atom. The fourth-order valence-electron chi connectivity index (χ4n) is 1.96. The third-order valence-electron chi connectivity index (χ3n) is 2.95. The number of benzene rings is 2. The Labute approximate surface area is 114 Å². The van der Waals surface area contributed by atoms with Crippen LogP contribution in [0, 0.1) is 0 Å². The van der Waals surface area contributed by atoms with E-state index in [1.54, 1.807) is 6.07 Å². The first-order valence-corrected chi connectivity index (χ1v) is 5.84. The number of phenols is 3. The number of ether oxygens (including phenoxy) is 1. The van der Waals surface area contributed by atoms with Gasteiger partial charge >= 0.3 is 0 Å². The van der Waals surface area contributed by atoms with Crippen LogP contribution in [0.2, 0.25) is 0 Å². The fraction of sp³-hybridized carbons (Fsp3) is 0. The fourth-order valence-corrected chi connectivity index (χ4v) is 1.96. The summed E-state index contributed by atoms with van der Waals surface area (Å²) in [5.41, 5.74) is 0.887. The van der Waals surface area contributed by atoms with Gasteiger partial charge in [-0.25, -0.2) is 0 Å². The van der Waals surface area contributed by atoms with Crippen LogP contribution >= 0.6 is 0 Å². The van der Waals surface area contributed by atoms with E-state index < -0.39 is 0 Å². The van der Waals surface area contributed by atoms with Gasteiger partial charge in [0.05, 0.1) is 5.56 Å². The second kappa shape index (κ2) is 4.31. The molecule has 100 valence electrons. The molecule has 20 heavy (non-hydrogen) atoms. The quantitative estimate of drug-likeness (QED) is 0.547.